The first-order valence-corrected chi connectivity index (χ1v) is 6.85. The van der Waals surface area contributed by atoms with Crippen LogP contribution in [0.25, 0.3) is 0 Å². The highest BCUT2D eigenvalue weighted by Crippen LogP contribution is 2.28. The molecule has 1 heterocycles. The number of hydrogen-bond donors (Lipinski definition) is 2. The fraction of sp³-hybridized carbons (Fsp3) is 0.0714. The molecule has 9 nitrogen and oxygen atoms in total. The molecule has 2 rings (SSSR count). The summed E-state index contributed by atoms with van der Waals surface area (Å²) in [6, 6.07) is 6.60. The third kappa shape index (κ3) is 3.96. The van der Waals surface area contributed by atoms with Crippen LogP contribution in [-0.2, 0) is 9.59 Å². The minimum Gasteiger partial charge on any atom is -0.495 e. The number of non-ortho nitro benzene ring substituents is 1. The molecule has 24 heavy (non-hydrogen) atoms. The van der Waals surface area contributed by atoms with E-state index >= 15 is 0 Å². The molecule has 10 heteroatoms. The standard InChI is InChI=1S/C14H11ClN4O5/c1-24-11-5-4-8(19(22)23)7-10(11)18-14(21)13(20)17-9-3-2-6-16-12(9)15/h2-7H,1H3,(H,17,20)(H,18,21). The molecule has 0 aliphatic carbocycles. The number of nitro benzene ring substituents is 1. The summed E-state index contributed by atoms with van der Waals surface area (Å²) < 4.78 is 5.00. The Morgan fingerprint density at radius 3 is 2.46 bits per heavy atom. The lowest BCUT2D eigenvalue weighted by atomic mass is 10.2. The van der Waals surface area contributed by atoms with Gasteiger partial charge in [0.25, 0.3) is 5.69 Å². The third-order valence-electron chi connectivity index (χ3n) is 2.86. The number of methoxy groups -OCH3 is 1. The van der Waals surface area contributed by atoms with Crippen molar-refractivity contribution in [2.45, 2.75) is 0 Å². The van der Waals surface area contributed by atoms with Crippen LogP contribution in [0.4, 0.5) is 17.1 Å². The molecule has 2 N–H and O–H groups in total. The average Bonchev–Trinajstić information content (AvgIpc) is 2.56. The highest BCUT2D eigenvalue weighted by Gasteiger charge is 2.19. The fourth-order valence-electron chi connectivity index (χ4n) is 1.74. The van der Waals surface area contributed by atoms with E-state index in [-0.39, 0.29) is 28.0 Å². The van der Waals surface area contributed by atoms with Crippen molar-refractivity contribution in [2.24, 2.45) is 0 Å². The SMILES string of the molecule is COc1ccc([N+](=O)[O-])cc1NC(=O)C(=O)Nc1cccnc1Cl. The lowest BCUT2D eigenvalue weighted by Gasteiger charge is -2.10. The number of amides is 2. The van der Waals surface area contributed by atoms with Crippen molar-refractivity contribution in [3.8, 4) is 5.75 Å². The minimum absolute atomic E-state index is 0.0101. The van der Waals surface area contributed by atoms with Gasteiger partial charge in [0.1, 0.15) is 5.75 Å². The average molecular weight is 351 g/mol. The second-order valence-electron chi connectivity index (χ2n) is 4.39. The molecule has 0 aliphatic heterocycles. The predicted octanol–water partition coefficient (Wildman–Crippen LogP) is 2.23. The zero-order valence-electron chi connectivity index (χ0n) is 12.3. The van der Waals surface area contributed by atoms with Gasteiger partial charge in [0.15, 0.2) is 5.15 Å². The Kier molecular flexibility index (Phi) is 5.27. The van der Waals surface area contributed by atoms with Crippen LogP contribution in [0.1, 0.15) is 0 Å². The summed E-state index contributed by atoms with van der Waals surface area (Å²) in [4.78, 5) is 37.8. The molecule has 0 saturated carbocycles. The molecule has 2 amide bonds. The van der Waals surface area contributed by atoms with Gasteiger partial charge < -0.3 is 15.4 Å². The van der Waals surface area contributed by atoms with Crippen LogP contribution in [-0.4, -0.2) is 28.8 Å². The largest absolute Gasteiger partial charge is 0.495 e. The summed E-state index contributed by atoms with van der Waals surface area (Å²) in [6.07, 6.45) is 1.42. The molecule has 0 atom stereocenters. The number of hydrogen-bond acceptors (Lipinski definition) is 6. The smallest absolute Gasteiger partial charge is 0.314 e. The van der Waals surface area contributed by atoms with Crippen molar-refractivity contribution >= 4 is 40.5 Å². The summed E-state index contributed by atoms with van der Waals surface area (Å²) in [7, 11) is 1.33. The number of anilines is 2. The quantitative estimate of drug-likeness (QED) is 0.377. The molecule has 0 radical (unpaired) electrons. The van der Waals surface area contributed by atoms with Gasteiger partial charge >= 0.3 is 11.8 Å². The fourth-order valence-corrected chi connectivity index (χ4v) is 1.91. The molecule has 0 spiro atoms. The number of carbonyl (C=O) groups is 2. The zero-order valence-corrected chi connectivity index (χ0v) is 13.0. The van der Waals surface area contributed by atoms with Crippen molar-refractivity contribution in [3.63, 3.8) is 0 Å². The van der Waals surface area contributed by atoms with Crippen molar-refractivity contribution in [3.05, 3.63) is 51.8 Å². The maximum atomic E-state index is 12.0. The third-order valence-corrected chi connectivity index (χ3v) is 3.16. The van der Waals surface area contributed by atoms with Gasteiger partial charge in [0.2, 0.25) is 0 Å². The van der Waals surface area contributed by atoms with Crippen LogP contribution in [0.15, 0.2) is 36.5 Å². The molecular weight excluding hydrogens is 340 g/mol. The van der Waals surface area contributed by atoms with Gasteiger partial charge in [0, 0.05) is 18.3 Å². The van der Waals surface area contributed by atoms with Crippen molar-refractivity contribution in [1.29, 1.82) is 0 Å². The molecular formula is C14H11ClN4O5. The highest BCUT2D eigenvalue weighted by atomic mass is 35.5. The van der Waals surface area contributed by atoms with Crippen LogP contribution in [0.5, 0.6) is 5.75 Å². The van der Waals surface area contributed by atoms with Crippen molar-refractivity contribution < 1.29 is 19.2 Å². The van der Waals surface area contributed by atoms with E-state index in [1.54, 1.807) is 0 Å². The number of rotatable bonds is 4. The number of nitro groups is 1. The van der Waals surface area contributed by atoms with E-state index in [9.17, 15) is 19.7 Å². The summed E-state index contributed by atoms with van der Waals surface area (Å²) in [6.45, 7) is 0. The minimum atomic E-state index is -1.05. The van der Waals surface area contributed by atoms with E-state index in [2.05, 4.69) is 15.6 Å². The first-order valence-electron chi connectivity index (χ1n) is 6.47. The molecule has 2 aromatic rings. The Hall–Kier alpha value is -3.20. The van der Waals surface area contributed by atoms with Crippen LogP contribution >= 0.6 is 11.6 Å². The van der Waals surface area contributed by atoms with E-state index in [1.807, 2.05) is 0 Å². The second kappa shape index (κ2) is 7.38. The Morgan fingerprint density at radius 2 is 1.88 bits per heavy atom. The van der Waals surface area contributed by atoms with E-state index < -0.39 is 16.7 Å². The van der Waals surface area contributed by atoms with E-state index in [0.717, 1.165) is 6.07 Å². The Balaban J connectivity index is 2.16. The van der Waals surface area contributed by atoms with Gasteiger partial charge in [0.05, 0.1) is 23.4 Å². The molecule has 1 aromatic carbocycles. The van der Waals surface area contributed by atoms with Gasteiger partial charge in [-0.2, -0.15) is 0 Å². The van der Waals surface area contributed by atoms with Crippen LogP contribution in [0.2, 0.25) is 5.15 Å². The van der Waals surface area contributed by atoms with Crippen LogP contribution in [0, 0.1) is 10.1 Å². The summed E-state index contributed by atoms with van der Waals surface area (Å²) >= 11 is 5.78. The number of carbonyl (C=O) groups excluding carboxylic acids is 2. The number of aromatic nitrogens is 1. The van der Waals surface area contributed by atoms with Gasteiger partial charge in [-0.3, -0.25) is 19.7 Å². The summed E-state index contributed by atoms with van der Waals surface area (Å²) in [5, 5.41) is 15.4. The first kappa shape index (κ1) is 17.2. The molecule has 0 unspecified atom stereocenters. The number of benzene rings is 1. The summed E-state index contributed by atoms with van der Waals surface area (Å²) in [5.41, 5.74) is -0.115. The lowest BCUT2D eigenvalue weighted by molar-refractivity contribution is -0.384. The van der Waals surface area contributed by atoms with Gasteiger partial charge in [-0.05, 0) is 18.2 Å². The second-order valence-corrected chi connectivity index (χ2v) is 4.75. The number of halogens is 1. The van der Waals surface area contributed by atoms with E-state index in [1.165, 1.54) is 37.6 Å². The van der Waals surface area contributed by atoms with Crippen LogP contribution < -0.4 is 15.4 Å². The maximum absolute atomic E-state index is 12.0. The Bertz CT molecular complexity index is 812. The molecule has 1 aromatic heterocycles. The monoisotopic (exact) mass is 350 g/mol. The molecule has 0 bridgehead atoms. The van der Waals surface area contributed by atoms with Crippen molar-refractivity contribution in [2.75, 3.05) is 17.7 Å². The zero-order chi connectivity index (χ0) is 17.7. The normalized spacial score (nSPS) is 9.92. The summed E-state index contributed by atoms with van der Waals surface area (Å²) in [5.74, 6) is -1.90. The van der Waals surface area contributed by atoms with Gasteiger partial charge in [-0.1, -0.05) is 11.6 Å². The Labute approximate surface area is 140 Å². The van der Waals surface area contributed by atoms with Gasteiger partial charge in [-0.25, -0.2) is 4.98 Å². The van der Waals surface area contributed by atoms with Gasteiger partial charge in [-0.15, -0.1) is 0 Å². The molecule has 0 aliphatic rings. The predicted molar refractivity (Wildman–Crippen MR) is 86.2 cm³/mol. The Morgan fingerprint density at radius 1 is 1.21 bits per heavy atom. The number of nitrogens with one attached hydrogen (secondary N) is 2. The number of nitrogens with zero attached hydrogens (tertiary/aromatic N) is 2. The molecule has 124 valence electrons. The lowest BCUT2D eigenvalue weighted by Crippen LogP contribution is -2.29. The molecule has 0 saturated heterocycles. The van der Waals surface area contributed by atoms with Crippen LogP contribution in [0.3, 0.4) is 0 Å². The number of pyridine rings is 1. The maximum Gasteiger partial charge on any atom is 0.314 e. The van der Waals surface area contributed by atoms with E-state index in [0.29, 0.717) is 0 Å². The number of ether oxygens (including phenoxy) is 1. The first-order chi connectivity index (χ1) is 11.4. The van der Waals surface area contributed by atoms with Crippen molar-refractivity contribution in [1.82, 2.24) is 4.98 Å². The topological polar surface area (TPSA) is 123 Å². The highest BCUT2D eigenvalue weighted by molar-refractivity contribution is 6.44. The van der Waals surface area contributed by atoms with E-state index in [4.69, 9.17) is 16.3 Å². The molecule has 0 fully saturated rings.